The van der Waals surface area contributed by atoms with Crippen LogP contribution < -0.4 is 4.90 Å². The van der Waals surface area contributed by atoms with E-state index in [-0.39, 0.29) is 15.0 Å². The maximum absolute atomic E-state index is 12.8. The van der Waals surface area contributed by atoms with E-state index in [0.29, 0.717) is 35.0 Å². The number of phenols is 1. The van der Waals surface area contributed by atoms with Gasteiger partial charge >= 0.3 is 0 Å². The SMILES string of the molecule is O=S(=O)(c1c(Cl)sc(Cl)c1Br)N1CCN(c2cccc(O)c2)CC1. The van der Waals surface area contributed by atoms with Crippen LogP contribution in [0.5, 0.6) is 5.75 Å². The van der Waals surface area contributed by atoms with Gasteiger partial charge in [-0.15, -0.1) is 11.3 Å². The Balaban J connectivity index is 1.79. The lowest BCUT2D eigenvalue weighted by Crippen LogP contribution is -2.48. The van der Waals surface area contributed by atoms with Crippen molar-refractivity contribution in [3.63, 3.8) is 0 Å². The Kier molecular flexibility index (Phi) is 5.34. The molecule has 3 rings (SSSR count). The van der Waals surface area contributed by atoms with Gasteiger partial charge in [0.2, 0.25) is 10.0 Å². The maximum Gasteiger partial charge on any atom is 0.246 e. The number of sulfonamides is 1. The van der Waals surface area contributed by atoms with Crippen LogP contribution in [0, 0.1) is 0 Å². The molecule has 2 aromatic rings. The largest absolute Gasteiger partial charge is 0.508 e. The summed E-state index contributed by atoms with van der Waals surface area (Å²) in [6.07, 6.45) is 0. The first-order valence-electron chi connectivity index (χ1n) is 6.98. The summed E-state index contributed by atoms with van der Waals surface area (Å²) < 4.78 is 27.9. The van der Waals surface area contributed by atoms with Crippen molar-refractivity contribution in [1.29, 1.82) is 0 Å². The highest BCUT2D eigenvalue weighted by atomic mass is 79.9. The van der Waals surface area contributed by atoms with Gasteiger partial charge in [0.15, 0.2) is 0 Å². The van der Waals surface area contributed by atoms with Gasteiger partial charge in [-0.1, -0.05) is 29.3 Å². The molecule has 0 atom stereocenters. The van der Waals surface area contributed by atoms with E-state index in [0.717, 1.165) is 17.0 Å². The number of aromatic hydroxyl groups is 1. The van der Waals surface area contributed by atoms with Crippen molar-refractivity contribution < 1.29 is 13.5 Å². The molecule has 1 aliphatic heterocycles. The molecule has 10 heteroatoms. The first-order valence-corrected chi connectivity index (χ1v) is 10.8. The molecule has 1 aromatic carbocycles. The molecule has 2 heterocycles. The highest BCUT2D eigenvalue weighted by Crippen LogP contribution is 2.44. The van der Waals surface area contributed by atoms with E-state index in [9.17, 15) is 13.5 Å². The normalized spacial score (nSPS) is 16.5. The molecule has 0 unspecified atom stereocenters. The molecular weight excluding hydrogens is 459 g/mol. The zero-order valence-corrected chi connectivity index (χ0v) is 17.0. The van der Waals surface area contributed by atoms with Crippen LogP contribution in [0.15, 0.2) is 33.6 Å². The average Bonchev–Trinajstić information content (AvgIpc) is 2.80. The number of phenolic OH excluding ortho intramolecular Hbond substituents is 1. The van der Waals surface area contributed by atoms with Gasteiger partial charge in [-0.25, -0.2) is 8.42 Å². The monoisotopic (exact) mass is 470 g/mol. The van der Waals surface area contributed by atoms with Crippen LogP contribution in [0.1, 0.15) is 0 Å². The van der Waals surface area contributed by atoms with Gasteiger partial charge < -0.3 is 10.0 Å². The number of hydrogen-bond acceptors (Lipinski definition) is 5. The predicted molar refractivity (Wildman–Crippen MR) is 101 cm³/mol. The van der Waals surface area contributed by atoms with Gasteiger partial charge in [0, 0.05) is 37.9 Å². The summed E-state index contributed by atoms with van der Waals surface area (Å²) in [5.74, 6) is 0.186. The molecular formula is C14H13BrCl2N2O3S2. The van der Waals surface area contributed by atoms with Crippen molar-refractivity contribution in [3.05, 3.63) is 37.4 Å². The summed E-state index contributed by atoms with van der Waals surface area (Å²) in [5.41, 5.74) is 0.866. The van der Waals surface area contributed by atoms with E-state index in [1.807, 2.05) is 11.0 Å². The second kappa shape index (κ2) is 7.01. The van der Waals surface area contributed by atoms with E-state index in [4.69, 9.17) is 23.2 Å². The van der Waals surface area contributed by atoms with Gasteiger partial charge in [0.1, 0.15) is 19.3 Å². The van der Waals surface area contributed by atoms with E-state index >= 15 is 0 Å². The minimum Gasteiger partial charge on any atom is -0.508 e. The molecule has 1 fully saturated rings. The molecule has 1 saturated heterocycles. The van der Waals surface area contributed by atoms with E-state index in [1.165, 1.54) is 4.31 Å². The third-order valence-corrected chi connectivity index (χ3v) is 9.13. The first kappa shape index (κ1) is 18.3. The van der Waals surface area contributed by atoms with E-state index in [1.54, 1.807) is 18.2 Å². The van der Waals surface area contributed by atoms with Gasteiger partial charge in [-0.2, -0.15) is 4.31 Å². The van der Waals surface area contributed by atoms with Crippen LogP contribution in [-0.4, -0.2) is 44.0 Å². The van der Waals surface area contributed by atoms with E-state index in [2.05, 4.69) is 15.9 Å². The second-order valence-electron chi connectivity index (χ2n) is 5.20. The standard InChI is InChI=1S/C14H13BrCl2N2O3S2/c15-11-12(14(17)23-13(11)16)24(21,22)19-6-4-18(5-7-19)9-2-1-3-10(20)8-9/h1-3,8,20H,4-7H2. The number of halogens is 3. The number of nitrogens with zero attached hydrogens (tertiary/aromatic N) is 2. The Hall–Kier alpha value is -0.510. The molecule has 1 aliphatic rings. The molecule has 0 saturated carbocycles. The van der Waals surface area contributed by atoms with Crippen molar-refractivity contribution in [2.24, 2.45) is 0 Å². The number of piperazine rings is 1. The van der Waals surface area contributed by atoms with Gasteiger partial charge in [0.05, 0.1) is 4.47 Å². The summed E-state index contributed by atoms with van der Waals surface area (Å²) >= 11 is 16.3. The number of hydrogen-bond donors (Lipinski definition) is 1. The summed E-state index contributed by atoms with van der Waals surface area (Å²) in [4.78, 5) is 2.06. The lowest BCUT2D eigenvalue weighted by atomic mass is 10.2. The van der Waals surface area contributed by atoms with Crippen molar-refractivity contribution in [2.75, 3.05) is 31.1 Å². The Labute approximate surface area is 162 Å². The zero-order valence-electron chi connectivity index (χ0n) is 12.2. The van der Waals surface area contributed by atoms with Crippen LogP contribution in [0.3, 0.4) is 0 Å². The zero-order chi connectivity index (χ0) is 17.5. The van der Waals surface area contributed by atoms with E-state index < -0.39 is 10.0 Å². The summed E-state index contributed by atoms with van der Waals surface area (Å²) in [6.45, 7) is 1.70. The molecule has 130 valence electrons. The van der Waals surface area contributed by atoms with Gasteiger partial charge in [0.25, 0.3) is 0 Å². The topological polar surface area (TPSA) is 60.9 Å². The molecule has 1 N–H and O–H groups in total. The van der Waals surface area contributed by atoms with Crippen LogP contribution in [-0.2, 0) is 10.0 Å². The van der Waals surface area contributed by atoms with Gasteiger partial charge in [-0.05, 0) is 28.1 Å². The Morgan fingerprint density at radius 1 is 1.12 bits per heavy atom. The highest BCUT2D eigenvalue weighted by Gasteiger charge is 2.34. The Morgan fingerprint density at radius 2 is 1.79 bits per heavy atom. The molecule has 0 aliphatic carbocycles. The molecule has 5 nitrogen and oxygen atoms in total. The van der Waals surface area contributed by atoms with Crippen LogP contribution in [0.25, 0.3) is 0 Å². The van der Waals surface area contributed by atoms with Gasteiger partial charge in [-0.3, -0.25) is 0 Å². The fourth-order valence-electron chi connectivity index (χ4n) is 2.57. The summed E-state index contributed by atoms with van der Waals surface area (Å²) in [5, 5.41) is 9.57. The minimum atomic E-state index is -3.71. The number of benzene rings is 1. The lowest BCUT2D eigenvalue weighted by molar-refractivity contribution is 0.384. The predicted octanol–water partition coefficient (Wildman–Crippen LogP) is 4.03. The number of thiophene rings is 1. The maximum atomic E-state index is 12.8. The molecule has 0 radical (unpaired) electrons. The Morgan fingerprint density at radius 3 is 2.33 bits per heavy atom. The molecule has 0 bridgehead atoms. The average molecular weight is 472 g/mol. The third kappa shape index (κ3) is 3.40. The van der Waals surface area contributed by atoms with Crippen LogP contribution in [0.4, 0.5) is 5.69 Å². The smallest absolute Gasteiger partial charge is 0.246 e. The summed E-state index contributed by atoms with van der Waals surface area (Å²) in [6, 6.07) is 6.91. The summed E-state index contributed by atoms with van der Waals surface area (Å²) in [7, 11) is -3.71. The van der Waals surface area contributed by atoms with Crippen LogP contribution in [0.2, 0.25) is 8.67 Å². The molecule has 1 aromatic heterocycles. The lowest BCUT2D eigenvalue weighted by Gasteiger charge is -2.35. The minimum absolute atomic E-state index is 0.0324. The van der Waals surface area contributed by atoms with Crippen molar-refractivity contribution >= 4 is 66.2 Å². The van der Waals surface area contributed by atoms with Crippen molar-refractivity contribution in [1.82, 2.24) is 4.31 Å². The number of rotatable bonds is 3. The fourth-order valence-corrected chi connectivity index (χ4v) is 7.47. The molecule has 0 spiro atoms. The van der Waals surface area contributed by atoms with Crippen molar-refractivity contribution in [2.45, 2.75) is 4.90 Å². The second-order valence-corrected chi connectivity index (χ2v) is 10.1. The molecule has 0 amide bonds. The van der Waals surface area contributed by atoms with Crippen molar-refractivity contribution in [3.8, 4) is 5.75 Å². The fraction of sp³-hybridized carbons (Fsp3) is 0.286. The highest BCUT2D eigenvalue weighted by molar-refractivity contribution is 9.10. The first-order chi connectivity index (χ1) is 11.3. The number of anilines is 1. The third-order valence-electron chi connectivity index (χ3n) is 3.76. The Bertz CT molecular complexity index is 865. The van der Waals surface area contributed by atoms with Crippen LogP contribution >= 0.6 is 50.5 Å². The quantitative estimate of drug-likeness (QED) is 0.733. The molecule has 24 heavy (non-hydrogen) atoms.